The lowest BCUT2D eigenvalue weighted by Crippen LogP contribution is -1.77. The summed E-state index contributed by atoms with van der Waals surface area (Å²) in [5, 5.41) is 9.28. The van der Waals surface area contributed by atoms with Gasteiger partial charge in [0.25, 0.3) is 0 Å². The van der Waals surface area contributed by atoms with E-state index < -0.39 is 0 Å². The maximum Gasteiger partial charge on any atom is 0.177 e. The van der Waals surface area contributed by atoms with Crippen molar-refractivity contribution in [1.82, 2.24) is 0 Å². The second kappa shape index (κ2) is 2.82. The Morgan fingerprint density at radius 2 is 2.15 bits per heavy atom. The molecule has 0 atom stereocenters. The van der Waals surface area contributed by atoms with Crippen molar-refractivity contribution in [3.05, 3.63) is 34.5 Å². The highest BCUT2D eigenvalue weighted by Gasteiger charge is 2.06. The lowest BCUT2D eigenvalue weighted by molar-refractivity contribution is 0.658. The molecule has 0 radical (unpaired) electrons. The SMILES string of the molecule is Cc1cc(C#N)c2cc(F)sc2c1. The number of rotatable bonds is 0. The van der Waals surface area contributed by atoms with Crippen LogP contribution in [-0.4, -0.2) is 0 Å². The molecule has 13 heavy (non-hydrogen) atoms. The molecule has 0 saturated carbocycles. The lowest BCUT2D eigenvalue weighted by atomic mass is 10.1. The first-order valence-electron chi connectivity index (χ1n) is 3.80. The molecular formula is C10H6FNS. The first-order valence-corrected chi connectivity index (χ1v) is 4.62. The zero-order chi connectivity index (χ0) is 9.42. The minimum absolute atomic E-state index is 0.239. The Balaban J connectivity index is 2.90. The monoisotopic (exact) mass is 191 g/mol. The van der Waals surface area contributed by atoms with Gasteiger partial charge >= 0.3 is 0 Å². The minimum Gasteiger partial charge on any atom is -0.195 e. The third kappa shape index (κ3) is 1.30. The van der Waals surface area contributed by atoms with Gasteiger partial charge in [0, 0.05) is 10.1 Å². The molecule has 2 aromatic rings. The Bertz CT molecular complexity index is 507. The molecule has 1 heterocycles. The Hall–Kier alpha value is -1.40. The number of nitrogens with zero attached hydrogens (tertiary/aromatic N) is 1. The normalized spacial score (nSPS) is 10.2. The summed E-state index contributed by atoms with van der Waals surface area (Å²) in [7, 11) is 0. The highest BCUT2D eigenvalue weighted by molar-refractivity contribution is 7.17. The Kier molecular flexibility index (Phi) is 1.78. The van der Waals surface area contributed by atoms with Crippen molar-refractivity contribution in [3.8, 4) is 6.07 Å². The number of nitriles is 1. The van der Waals surface area contributed by atoms with Crippen LogP contribution >= 0.6 is 11.3 Å². The maximum atomic E-state index is 12.9. The summed E-state index contributed by atoms with van der Waals surface area (Å²) in [4.78, 5) is 0. The van der Waals surface area contributed by atoms with E-state index in [1.807, 2.05) is 13.0 Å². The van der Waals surface area contributed by atoms with Gasteiger partial charge in [-0.1, -0.05) is 0 Å². The molecule has 1 aromatic heterocycles. The molecule has 3 heteroatoms. The van der Waals surface area contributed by atoms with Crippen molar-refractivity contribution in [3.63, 3.8) is 0 Å². The first-order chi connectivity index (χ1) is 6.20. The average molecular weight is 191 g/mol. The van der Waals surface area contributed by atoms with Crippen LogP contribution in [0, 0.1) is 23.4 Å². The van der Waals surface area contributed by atoms with E-state index in [2.05, 4.69) is 6.07 Å². The third-order valence-corrected chi connectivity index (χ3v) is 2.74. The molecule has 0 amide bonds. The molecule has 0 fully saturated rings. The van der Waals surface area contributed by atoms with Crippen LogP contribution in [0.5, 0.6) is 0 Å². The summed E-state index contributed by atoms with van der Waals surface area (Å²) >= 11 is 1.08. The van der Waals surface area contributed by atoms with Crippen molar-refractivity contribution in [1.29, 1.82) is 5.26 Å². The van der Waals surface area contributed by atoms with Crippen LogP contribution in [0.25, 0.3) is 10.1 Å². The zero-order valence-corrected chi connectivity index (χ0v) is 7.78. The van der Waals surface area contributed by atoms with Crippen molar-refractivity contribution >= 4 is 21.4 Å². The fourth-order valence-electron chi connectivity index (χ4n) is 1.34. The van der Waals surface area contributed by atoms with Crippen LogP contribution in [0.4, 0.5) is 4.39 Å². The van der Waals surface area contributed by atoms with Gasteiger partial charge in [0.05, 0.1) is 11.6 Å². The summed E-state index contributed by atoms with van der Waals surface area (Å²) < 4.78 is 13.7. The van der Waals surface area contributed by atoms with E-state index in [-0.39, 0.29) is 5.13 Å². The summed E-state index contributed by atoms with van der Waals surface area (Å²) in [6, 6.07) is 7.14. The van der Waals surface area contributed by atoms with E-state index in [1.165, 1.54) is 6.07 Å². The van der Waals surface area contributed by atoms with Gasteiger partial charge in [0.15, 0.2) is 5.13 Å². The second-order valence-corrected chi connectivity index (χ2v) is 3.92. The van der Waals surface area contributed by atoms with Crippen LogP contribution in [0.1, 0.15) is 11.1 Å². The molecule has 1 nitrogen and oxygen atoms in total. The Morgan fingerprint density at radius 1 is 1.38 bits per heavy atom. The molecule has 0 unspecified atom stereocenters. The van der Waals surface area contributed by atoms with Gasteiger partial charge in [-0.15, -0.1) is 11.3 Å². The molecule has 0 aliphatic heterocycles. The summed E-state index contributed by atoms with van der Waals surface area (Å²) in [6.45, 7) is 1.90. The molecule has 64 valence electrons. The topological polar surface area (TPSA) is 23.8 Å². The van der Waals surface area contributed by atoms with Crippen LogP contribution in [0.2, 0.25) is 0 Å². The van der Waals surface area contributed by atoms with Crippen LogP contribution in [-0.2, 0) is 0 Å². The molecule has 0 spiro atoms. The molecule has 0 aliphatic rings. The van der Waals surface area contributed by atoms with E-state index >= 15 is 0 Å². The smallest absolute Gasteiger partial charge is 0.177 e. The molecule has 1 aromatic carbocycles. The fraction of sp³-hybridized carbons (Fsp3) is 0.100. The molecule has 2 rings (SSSR count). The van der Waals surface area contributed by atoms with Crippen molar-refractivity contribution in [2.75, 3.05) is 0 Å². The molecule has 0 bridgehead atoms. The molecule has 0 N–H and O–H groups in total. The average Bonchev–Trinajstić information content (AvgIpc) is 2.43. The van der Waals surface area contributed by atoms with Crippen LogP contribution in [0.15, 0.2) is 18.2 Å². The maximum absolute atomic E-state index is 12.9. The van der Waals surface area contributed by atoms with Gasteiger partial charge in [-0.3, -0.25) is 0 Å². The number of benzene rings is 1. The standard InChI is InChI=1S/C10H6FNS/c1-6-2-7(5-12)8-4-10(11)13-9(8)3-6/h2-4H,1H3. The number of hydrogen-bond donors (Lipinski definition) is 0. The molecule has 0 saturated heterocycles. The predicted molar refractivity (Wildman–Crippen MR) is 51.2 cm³/mol. The van der Waals surface area contributed by atoms with Crippen molar-refractivity contribution < 1.29 is 4.39 Å². The largest absolute Gasteiger partial charge is 0.195 e. The van der Waals surface area contributed by atoms with E-state index in [9.17, 15) is 4.39 Å². The van der Waals surface area contributed by atoms with E-state index in [0.717, 1.165) is 27.0 Å². The highest BCUT2D eigenvalue weighted by Crippen LogP contribution is 2.28. The number of halogens is 1. The quantitative estimate of drug-likeness (QED) is 0.627. The number of thiophene rings is 1. The summed E-state index contributed by atoms with van der Waals surface area (Å²) in [6.07, 6.45) is 0. The van der Waals surface area contributed by atoms with E-state index in [4.69, 9.17) is 5.26 Å². The second-order valence-electron chi connectivity index (χ2n) is 2.89. The van der Waals surface area contributed by atoms with Gasteiger partial charge in [-0.2, -0.15) is 9.65 Å². The van der Waals surface area contributed by atoms with Crippen LogP contribution < -0.4 is 0 Å². The van der Waals surface area contributed by atoms with Gasteiger partial charge < -0.3 is 0 Å². The van der Waals surface area contributed by atoms with Crippen LogP contribution in [0.3, 0.4) is 0 Å². The third-order valence-electron chi connectivity index (χ3n) is 1.87. The lowest BCUT2D eigenvalue weighted by Gasteiger charge is -1.94. The van der Waals surface area contributed by atoms with E-state index in [1.54, 1.807) is 6.07 Å². The Morgan fingerprint density at radius 3 is 2.85 bits per heavy atom. The van der Waals surface area contributed by atoms with Gasteiger partial charge in [0.2, 0.25) is 0 Å². The zero-order valence-electron chi connectivity index (χ0n) is 6.97. The summed E-state index contributed by atoms with van der Waals surface area (Å²) in [5.41, 5.74) is 1.54. The van der Waals surface area contributed by atoms with Gasteiger partial charge in [-0.25, -0.2) is 0 Å². The fourth-order valence-corrected chi connectivity index (χ4v) is 2.25. The number of fused-ring (bicyclic) bond motifs is 1. The first kappa shape index (κ1) is 8.21. The number of hydrogen-bond acceptors (Lipinski definition) is 2. The highest BCUT2D eigenvalue weighted by atomic mass is 32.1. The Labute approximate surface area is 79.0 Å². The van der Waals surface area contributed by atoms with Crippen molar-refractivity contribution in [2.45, 2.75) is 6.92 Å². The van der Waals surface area contributed by atoms with Gasteiger partial charge in [-0.05, 0) is 30.7 Å². The number of aryl methyl sites for hydroxylation is 1. The molecule has 0 aliphatic carbocycles. The van der Waals surface area contributed by atoms with Gasteiger partial charge in [0.1, 0.15) is 0 Å². The molecular weight excluding hydrogens is 185 g/mol. The van der Waals surface area contributed by atoms with E-state index in [0.29, 0.717) is 5.56 Å². The summed E-state index contributed by atoms with van der Waals surface area (Å²) in [5.74, 6) is 0. The minimum atomic E-state index is -0.239. The predicted octanol–water partition coefficient (Wildman–Crippen LogP) is 3.22. The van der Waals surface area contributed by atoms with Crippen molar-refractivity contribution in [2.24, 2.45) is 0 Å².